The second-order valence-electron chi connectivity index (χ2n) is 9.29. The number of hydrogen-bond donors (Lipinski definition) is 2. The molecule has 11 heteroatoms. The van der Waals surface area contributed by atoms with Gasteiger partial charge in [0.1, 0.15) is 17.2 Å². The molecular formula is C28H29F2N7O2. The van der Waals surface area contributed by atoms with E-state index in [9.17, 15) is 13.6 Å². The fourth-order valence-corrected chi connectivity index (χ4v) is 4.82. The topological polar surface area (TPSA) is 99.9 Å². The molecule has 39 heavy (non-hydrogen) atoms. The van der Waals surface area contributed by atoms with Crippen LogP contribution in [0, 0.1) is 12.7 Å². The summed E-state index contributed by atoms with van der Waals surface area (Å²) in [6.07, 6.45) is 4.80. The predicted molar refractivity (Wildman–Crippen MR) is 147 cm³/mol. The highest BCUT2D eigenvalue weighted by atomic mass is 19.1. The molecule has 4 heterocycles. The van der Waals surface area contributed by atoms with Gasteiger partial charge in [-0.15, -0.1) is 0 Å². The van der Waals surface area contributed by atoms with E-state index in [2.05, 4.69) is 32.1 Å². The van der Waals surface area contributed by atoms with E-state index >= 15 is 0 Å². The molecule has 0 unspecified atom stereocenters. The largest absolute Gasteiger partial charge is 0.378 e. The molecule has 0 spiro atoms. The van der Waals surface area contributed by atoms with Crippen molar-refractivity contribution in [2.75, 3.05) is 38.2 Å². The number of nitrogens with one attached hydrogen (secondary N) is 2. The lowest BCUT2D eigenvalue weighted by Gasteiger charge is -2.26. The van der Waals surface area contributed by atoms with Crippen molar-refractivity contribution in [3.05, 3.63) is 76.9 Å². The summed E-state index contributed by atoms with van der Waals surface area (Å²) in [6.45, 7) is 9.09. The van der Waals surface area contributed by atoms with Crippen LogP contribution in [0.5, 0.6) is 0 Å². The number of carbonyl (C=O) groups is 1. The van der Waals surface area contributed by atoms with E-state index in [4.69, 9.17) is 4.74 Å². The smallest absolute Gasteiger partial charge is 0.259 e. The first kappa shape index (κ1) is 26.2. The summed E-state index contributed by atoms with van der Waals surface area (Å²) in [4.78, 5) is 26.7. The zero-order chi connectivity index (χ0) is 27.5. The molecule has 2 N–H and O–H groups in total. The number of ether oxygens (including phenoxy) is 1. The minimum absolute atomic E-state index is 0.204. The highest BCUT2D eigenvalue weighted by molar-refractivity contribution is 6.00. The van der Waals surface area contributed by atoms with Crippen molar-refractivity contribution in [2.24, 2.45) is 4.99 Å². The highest BCUT2D eigenvalue weighted by Gasteiger charge is 2.24. The molecule has 1 aliphatic heterocycles. The Morgan fingerprint density at radius 3 is 2.87 bits per heavy atom. The normalized spacial score (nSPS) is 14.8. The number of rotatable bonds is 8. The number of allylic oxidation sites excluding steroid dienone is 3. The van der Waals surface area contributed by atoms with E-state index in [-0.39, 0.29) is 11.7 Å². The van der Waals surface area contributed by atoms with E-state index in [0.717, 1.165) is 16.6 Å². The molecule has 0 aliphatic carbocycles. The lowest BCUT2D eigenvalue weighted by molar-refractivity contribution is 0.0304. The molecule has 1 saturated heterocycles. The summed E-state index contributed by atoms with van der Waals surface area (Å²) >= 11 is 0. The molecule has 0 saturated carbocycles. The summed E-state index contributed by atoms with van der Waals surface area (Å²) in [5.74, 6) is -0.374. The number of H-pyrrole nitrogens is 1. The number of anilines is 1. The Morgan fingerprint density at radius 1 is 1.33 bits per heavy atom. The Labute approximate surface area is 223 Å². The minimum atomic E-state index is -0.429. The molecule has 1 fully saturated rings. The first-order valence-electron chi connectivity index (χ1n) is 12.6. The number of halogens is 2. The Morgan fingerprint density at radius 2 is 2.13 bits per heavy atom. The number of aromatic amines is 1. The molecule has 9 nitrogen and oxygen atoms in total. The first-order chi connectivity index (χ1) is 18.9. The third-order valence-electron chi connectivity index (χ3n) is 6.67. The minimum Gasteiger partial charge on any atom is -0.378 e. The second-order valence-corrected chi connectivity index (χ2v) is 9.29. The number of para-hydroxylation sites is 1. The van der Waals surface area contributed by atoms with E-state index in [0.29, 0.717) is 73.1 Å². The average Bonchev–Trinajstić information content (AvgIpc) is 3.50. The van der Waals surface area contributed by atoms with Crippen molar-refractivity contribution in [1.82, 2.24) is 24.5 Å². The van der Waals surface area contributed by atoms with Crippen molar-refractivity contribution >= 4 is 40.6 Å². The van der Waals surface area contributed by atoms with Crippen LogP contribution >= 0.6 is 0 Å². The molecule has 4 aromatic rings. The molecule has 1 aromatic carbocycles. The van der Waals surface area contributed by atoms with Crippen LogP contribution in [-0.4, -0.2) is 70.0 Å². The number of hydrogen-bond acceptors (Lipinski definition) is 6. The van der Waals surface area contributed by atoms with Gasteiger partial charge in [0.15, 0.2) is 5.65 Å². The number of aromatic nitrogens is 4. The Balaban J connectivity index is 1.52. The summed E-state index contributed by atoms with van der Waals surface area (Å²) in [5, 5.41) is 8.66. The number of morpholine rings is 1. The monoisotopic (exact) mass is 533 g/mol. The van der Waals surface area contributed by atoms with Gasteiger partial charge in [-0.25, -0.2) is 13.8 Å². The van der Waals surface area contributed by atoms with Crippen LogP contribution < -0.4 is 5.32 Å². The average molecular weight is 534 g/mol. The number of aryl methyl sites for hydroxylation is 1. The van der Waals surface area contributed by atoms with Gasteiger partial charge >= 0.3 is 0 Å². The SMILES string of the molecule is C=N/C=C(\C=C(/C)F)c1cc(NCCc2c(C)[nH]c3c(F)cccc23)n2ncc(C(=O)N3CCOCC3)c2n1. The summed E-state index contributed by atoms with van der Waals surface area (Å²) in [6, 6.07) is 6.74. The van der Waals surface area contributed by atoms with Crippen LogP contribution in [0.15, 0.2) is 53.6 Å². The van der Waals surface area contributed by atoms with Gasteiger partial charge in [0.05, 0.1) is 36.4 Å². The van der Waals surface area contributed by atoms with Gasteiger partial charge in [0, 0.05) is 48.6 Å². The third-order valence-corrected chi connectivity index (χ3v) is 6.67. The Hall–Kier alpha value is -4.38. The predicted octanol–water partition coefficient (Wildman–Crippen LogP) is 4.70. The summed E-state index contributed by atoms with van der Waals surface area (Å²) < 4.78 is 35.1. The number of fused-ring (bicyclic) bond motifs is 2. The van der Waals surface area contributed by atoms with Crippen molar-refractivity contribution < 1.29 is 18.3 Å². The van der Waals surface area contributed by atoms with Crippen LogP contribution in [0.25, 0.3) is 22.1 Å². The Bertz CT molecular complexity index is 1610. The number of nitrogens with zero attached hydrogens (tertiary/aromatic N) is 5. The van der Waals surface area contributed by atoms with E-state index < -0.39 is 5.83 Å². The van der Waals surface area contributed by atoms with Crippen molar-refractivity contribution in [3.8, 4) is 0 Å². The quantitative estimate of drug-likeness (QED) is 0.253. The van der Waals surface area contributed by atoms with Crippen LogP contribution in [0.3, 0.4) is 0 Å². The molecule has 1 amide bonds. The molecule has 0 radical (unpaired) electrons. The number of amides is 1. The van der Waals surface area contributed by atoms with Crippen LogP contribution in [0.4, 0.5) is 14.6 Å². The van der Waals surface area contributed by atoms with Gasteiger partial charge in [0.25, 0.3) is 5.91 Å². The molecule has 1 aliphatic rings. The van der Waals surface area contributed by atoms with Gasteiger partial charge in [-0.3, -0.25) is 9.79 Å². The molecule has 3 aromatic heterocycles. The fraction of sp³-hybridized carbons (Fsp3) is 0.286. The molecule has 0 atom stereocenters. The van der Waals surface area contributed by atoms with Gasteiger partial charge < -0.3 is 19.9 Å². The summed E-state index contributed by atoms with van der Waals surface area (Å²) in [5.41, 5.74) is 3.82. The second kappa shape index (κ2) is 11.2. The van der Waals surface area contributed by atoms with E-state index in [1.807, 2.05) is 13.0 Å². The van der Waals surface area contributed by atoms with E-state index in [1.165, 1.54) is 31.5 Å². The molecular weight excluding hydrogens is 504 g/mol. The zero-order valence-corrected chi connectivity index (χ0v) is 21.8. The number of carbonyl (C=O) groups excluding carboxylic acids is 1. The van der Waals surface area contributed by atoms with Gasteiger partial charge in [-0.1, -0.05) is 12.1 Å². The number of aliphatic imine (C=N–C) groups is 1. The Kier molecular flexibility index (Phi) is 7.51. The van der Waals surface area contributed by atoms with E-state index in [1.54, 1.807) is 21.5 Å². The third kappa shape index (κ3) is 5.30. The number of benzene rings is 1. The first-order valence-corrected chi connectivity index (χ1v) is 12.6. The van der Waals surface area contributed by atoms with Gasteiger partial charge in [-0.2, -0.15) is 9.61 Å². The maximum absolute atomic E-state index is 14.3. The van der Waals surface area contributed by atoms with Crippen molar-refractivity contribution in [3.63, 3.8) is 0 Å². The van der Waals surface area contributed by atoms with Crippen LogP contribution in [-0.2, 0) is 11.2 Å². The van der Waals surface area contributed by atoms with Crippen LogP contribution in [0.1, 0.15) is 34.2 Å². The van der Waals surface area contributed by atoms with Crippen molar-refractivity contribution in [2.45, 2.75) is 20.3 Å². The summed E-state index contributed by atoms with van der Waals surface area (Å²) in [7, 11) is 0. The fourth-order valence-electron chi connectivity index (χ4n) is 4.82. The lowest BCUT2D eigenvalue weighted by Crippen LogP contribution is -2.40. The molecule has 5 rings (SSSR count). The maximum atomic E-state index is 14.3. The van der Waals surface area contributed by atoms with Gasteiger partial charge in [0.2, 0.25) is 0 Å². The molecule has 202 valence electrons. The standard InChI is InChI=1S/C28H29F2N7O2/c1-17(29)13-19(15-31-3)24-14-25(32-8-7-20-18(2)34-26-21(20)5-4-6-23(26)30)37-27(35-24)22(16-33-37)28(38)36-9-11-39-12-10-36/h4-6,13-16,32,34H,3,7-12H2,1-2H3/b17-13+,19-15+. The molecule has 0 bridgehead atoms. The zero-order valence-electron chi connectivity index (χ0n) is 21.8. The van der Waals surface area contributed by atoms with Crippen LogP contribution in [0.2, 0.25) is 0 Å². The highest BCUT2D eigenvalue weighted by Crippen LogP contribution is 2.26. The van der Waals surface area contributed by atoms with Crippen molar-refractivity contribution in [1.29, 1.82) is 0 Å². The lowest BCUT2D eigenvalue weighted by atomic mass is 10.1. The maximum Gasteiger partial charge on any atom is 0.259 e. The van der Waals surface area contributed by atoms with Gasteiger partial charge in [-0.05, 0) is 44.7 Å².